The lowest BCUT2D eigenvalue weighted by molar-refractivity contribution is -0.121. The van der Waals surface area contributed by atoms with Gasteiger partial charge in [-0.2, -0.15) is 0 Å². The molecule has 0 spiro atoms. The van der Waals surface area contributed by atoms with E-state index in [4.69, 9.17) is 0 Å². The third-order valence-corrected chi connectivity index (χ3v) is 5.85. The molecule has 1 unspecified atom stereocenters. The molecule has 1 N–H and O–H groups in total. The van der Waals surface area contributed by atoms with Crippen molar-refractivity contribution in [3.05, 3.63) is 29.3 Å². The number of hydrogen-bond acceptors (Lipinski definition) is 1. The summed E-state index contributed by atoms with van der Waals surface area (Å²) in [6.45, 7) is 8.96. The number of aryl methyl sites for hydroxylation is 1. The molecule has 0 aromatic heterocycles. The third-order valence-electron chi connectivity index (χ3n) is 5.85. The molecule has 1 aromatic rings. The van der Waals surface area contributed by atoms with Crippen molar-refractivity contribution in [2.24, 2.45) is 11.8 Å². The van der Waals surface area contributed by atoms with Gasteiger partial charge in [0.1, 0.15) is 0 Å². The first kappa shape index (κ1) is 19.0. The molecule has 0 radical (unpaired) electrons. The number of benzene rings is 1. The first-order valence-electron chi connectivity index (χ1n) is 10.0. The van der Waals surface area contributed by atoms with Gasteiger partial charge in [0.15, 0.2) is 0 Å². The van der Waals surface area contributed by atoms with E-state index in [2.05, 4.69) is 51.2 Å². The molecule has 0 bridgehead atoms. The predicted octanol–water partition coefficient (Wildman–Crippen LogP) is 6.31. The molecule has 2 heteroatoms. The first-order chi connectivity index (χ1) is 11.6. The Kier molecular flexibility index (Phi) is 7.33. The number of anilines is 1. The lowest BCUT2D eigenvalue weighted by Crippen LogP contribution is -2.27. The normalized spacial score (nSPS) is 22.2. The fourth-order valence-electron chi connectivity index (χ4n) is 4.06. The van der Waals surface area contributed by atoms with Crippen molar-refractivity contribution in [1.82, 2.24) is 0 Å². The molecule has 134 valence electrons. The zero-order chi connectivity index (χ0) is 17.5. The smallest absolute Gasteiger partial charge is 0.227 e. The van der Waals surface area contributed by atoms with E-state index < -0.39 is 0 Å². The minimum Gasteiger partial charge on any atom is -0.326 e. The van der Waals surface area contributed by atoms with E-state index >= 15 is 0 Å². The average molecular weight is 330 g/mol. The second kappa shape index (κ2) is 9.25. The zero-order valence-electron chi connectivity index (χ0n) is 16.0. The van der Waals surface area contributed by atoms with E-state index in [0.717, 1.165) is 37.3 Å². The first-order valence-corrected chi connectivity index (χ1v) is 10.0. The maximum atomic E-state index is 12.6. The summed E-state index contributed by atoms with van der Waals surface area (Å²) in [6.07, 6.45) is 9.32. The summed E-state index contributed by atoms with van der Waals surface area (Å²) in [7, 11) is 0. The van der Waals surface area contributed by atoms with Crippen molar-refractivity contribution in [2.75, 3.05) is 5.32 Å². The molecule has 1 amide bonds. The standard InChI is InChI=1S/C22H35NO/c1-5-8-17-9-11-19(12-10-17)22(24)23-20-13-14-21(16(4)6-2)18(7-3)15-20/h13-17,19H,5-12H2,1-4H3,(H,23,24). The van der Waals surface area contributed by atoms with Gasteiger partial charge in [-0.05, 0) is 73.6 Å². The summed E-state index contributed by atoms with van der Waals surface area (Å²) in [5, 5.41) is 3.18. The quantitative estimate of drug-likeness (QED) is 0.624. The van der Waals surface area contributed by atoms with E-state index in [0.29, 0.717) is 5.92 Å². The Balaban J connectivity index is 1.97. The van der Waals surface area contributed by atoms with Crippen molar-refractivity contribution in [2.45, 2.75) is 85.0 Å². The highest BCUT2D eigenvalue weighted by Gasteiger charge is 2.26. The number of hydrogen-bond donors (Lipinski definition) is 1. The lowest BCUT2D eigenvalue weighted by Gasteiger charge is -2.27. The van der Waals surface area contributed by atoms with Crippen LogP contribution in [0.2, 0.25) is 0 Å². The van der Waals surface area contributed by atoms with E-state index in [1.165, 1.54) is 36.8 Å². The Morgan fingerprint density at radius 2 is 1.88 bits per heavy atom. The average Bonchev–Trinajstić information content (AvgIpc) is 2.61. The van der Waals surface area contributed by atoms with Crippen LogP contribution >= 0.6 is 0 Å². The highest BCUT2D eigenvalue weighted by molar-refractivity contribution is 5.92. The van der Waals surface area contributed by atoms with Crippen molar-refractivity contribution in [3.63, 3.8) is 0 Å². The van der Waals surface area contributed by atoms with Crippen molar-refractivity contribution in [1.29, 1.82) is 0 Å². The van der Waals surface area contributed by atoms with Crippen LogP contribution in [0.4, 0.5) is 5.69 Å². The Bertz CT molecular complexity index is 529. The minimum atomic E-state index is 0.206. The van der Waals surface area contributed by atoms with Gasteiger partial charge >= 0.3 is 0 Å². The highest BCUT2D eigenvalue weighted by Crippen LogP contribution is 2.32. The maximum absolute atomic E-state index is 12.6. The molecule has 1 aromatic carbocycles. The molecule has 0 aliphatic heterocycles. The van der Waals surface area contributed by atoms with Crippen molar-refractivity contribution < 1.29 is 4.79 Å². The number of nitrogens with one attached hydrogen (secondary N) is 1. The SMILES string of the molecule is CCCC1CCC(C(=O)Nc2ccc(C(C)CC)c(CC)c2)CC1. The predicted molar refractivity (Wildman–Crippen MR) is 104 cm³/mol. The van der Waals surface area contributed by atoms with Crippen LogP contribution in [0.25, 0.3) is 0 Å². The minimum absolute atomic E-state index is 0.206. The Labute approximate surface area is 148 Å². The fraction of sp³-hybridized carbons (Fsp3) is 0.682. The Hall–Kier alpha value is -1.31. The molecular weight excluding hydrogens is 294 g/mol. The Morgan fingerprint density at radius 3 is 2.46 bits per heavy atom. The van der Waals surface area contributed by atoms with Gasteiger partial charge in [0.25, 0.3) is 0 Å². The highest BCUT2D eigenvalue weighted by atomic mass is 16.1. The van der Waals surface area contributed by atoms with Crippen LogP contribution in [-0.2, 0) is 11.2 Å². The molecule has 1 atom stereocenters. The third kappa shape index (κ3) is 4.84. The van der Waals surface area contributed by atoms with E-state index in [-0.39, 0.29) is 11.8 Å². The van der Waals surface area contributed by atoms with Crippen LogP contribution < -0.4 is 5.32 Å². The maximum Gasteiger partial charge on any atom is 0.227 e. The van der Waals surface area contributed by atoms with E-state index in [1.54, 1.807) is 0 Å². The second-order valence-electron chi connectivity index (χ2n) is 7.57. The molecule has 24 heavy (non-hydrogen) atoms. The van der Waals surface area contributed by atoms with Crippen LogP contribution in [-0.4, -0.2) is 5.91 Å². The van der Waals surface area contributed by atoms with Gasteiger partial charge in [-0.1, -0.05) is 46.6 Å². The summed E-state index contributed by atoms with van der Waals surface area (Å²) < 4.78 is 0. The summed E-state index contributed by atoms with van der Waals surface area (Å²) in [4.78, 5) is 12.6. The molecular formula is C22H35NO. The van der Waals surface area contributed by atoms with Crippen molar-refractivity contribution >= 4 is 11.6 Å². The fourth-order valence-corrected chi connectivity index (χ4v) is 4.06. The van der Waals surface area contributed by atoms with Crippen molar-refractivity contribution in [3.8, 4) is 0 Å². The van der Waals surface area contributed by atoms with Crippen LogP contribution in [0.5, 0.6) is 0 Å². The van der Waals surface area contributed by atoms with E-state index in [9.17, 15) is 4.79 Å². The number of rotatable bonds is 7. The summed E-state index contributed by atoms with van der Waals surface area (Å²) >= 11 is 0. The Morgan fingerprint density at radius 1 is 1.17 bits per heavy atom. The van der Waals surface area contributed by atoms with Crippen LogP contribution in [0.3, 0.4) is 0 Å². The number of carbonyl (C=O) groups excluding carboxylic acids is 1. The topological polar surface area (TPSA) is 29.1 Å². The summed E-state index contributed by atoms with van der Waals surface area (Å²) in [5.41, 5.74) is 3.77. The molecule has 2 rings (SSSR count). The summed E-state index contributed by atoms with van der Waals surface area (Å²) in [5.74, 6) is 1.86. The van der Waals surface area contributed by atoms with Crippen LogP contribution in [0, 0.1) is 11.8 Å². The van der Waals surface area contributed by atoms with Gasteiger partial charge in [0.2, 0.25) is 5.91 Å². The molecule has 1 fully saturated rings. The molecule has 0 heterocycles. The van der Waals surface area contributed by atoms with Gasteiger partial charge in [-0.15, -0.1) is 0 Å². The lowest BCUT2D eigenvalue weighted by atomic mass is 9.79. The largest absolute Gasteiger partial charge is 0.326 e. The van der Waals surface area contributed by atoms with Gasteiger partial charge < -0.3 is 5.32 Å². The molecule has 2 nitrogen and oxygen atoms in total. The summed E-state index contributed by atoms with van der Waals surface area (Å²) in [6, 6.07) is 6.48. The van der Waals surface area contributed by atoms with Crippen LogP contribution in [0.1, 0.15) is 89.7 Å². The van der Waals surface area contributed by atoms with Gasteiger partial charge in [-0.3, -0.25) is 4.79 Å². The second-order valence-corrected chi connectivity index (χ2v) is 7.57. The number of amides is 1. The zero-order valence-corrected chi connectivity index (χ0v) is 16.0. The molecule has 1 saturated carbocycles. The van der Waals surface area contributed by atoms with Gasteiger partial charge in [0.05, 0.1) is 0 Å². The molecule has 1 aliphatic rings. The van der Waals surface area contributed by atoms with Gasteiger partial charge in [-0.25, -0.2) is 0 Å². The van der Waals surface area contributed by atoms with Gasteiger partial charge in [0, 0.05) is 11.6 Å². The molecule has 1 aliphatic carbocycles. The molecule has 0 saturated heterocycles. The van der Waals surface area contributed by atoms with Crippen LogP contribution in [0.15, 0.2) is 18.2 Å². The number of carbonyl (C=O) groups is 1. The monoisotopic (exact) mass is 329 g/mol. The van der Waals surface area contributed by atoms with E-state index in [1.807, 2.05) is 0 Å².